The molecule has 1 aliphatic rings. The van der Waals surface area contributed by atoms with E-state index in [-0.39, 0.29) is 0 Å². The molecule has 96 valence electrons. The molecule has 1 atom stereocenters. The lowest BCUT2D eigenvalue weighted by Crippen LogP contribution is -2.26. The van der Waals surface area contributed by atoms with Crippen LogP contribution in [0.4, 0.5) is 0 Å². The molecular formula is C14H30N2. The first-order valence-electron chi connectivity index (χ1n) is 7.13. The third-order valence-electron chi connectivity index (χ3n) is 3.82. The van der Waals surface area contributed by atoms with E-state index in [1.165, 1.54) is 45.1 Å². The van der Waals surface area contributed by atoms with E-state index in [9.17, 15) is 0 Å². The highest BCUT2D eigenvalue weighted by atomic mass is 14.8. The second-order valence-electron chi connectivity index (χ2n) is 5.86. The molecule has 1 saturated carbocycles. The van der Waals surface area contributed by atoms with Gasteiger partial charge in [-0.1, -0.05) is 33.1 Å². The number of nitrogens with one attached hydrogen (secondary N) is 1. The van der Waals surface area contributed by atoms with E-state index < -0.39 is 0 Å². The molecule has 0 aliphatic heterocycles. The smallest absolute Gasteiger partial charge is 0.00458 e. The number of nitrogens with two attached hydrogens (primary N) is 1. The van der Waals surface area contributed by atoms with E-state index in [1.807, 2.05) is 0 Å². The fourth-order valence-electron chi connectivity index (χ4n) is 2.52. The Morgan fingerprint density at radius 1 is 1.25 bits per heavy atom. The van der Waals surface area contributed by atoms with Crippen LogP contribution in [0.2, 0.25) is 0 Å². The molecule has 3 N–H and O–H groups in total. The first-order valence-corrected chi connectivity index (χ1v) is 7.13. The lowest BCUT2D eigenvalue weighted by molar-refractivity contribution is 0.290. The molecule has 2 nitrogen and oxygen atoms in total. The van der Waals surface area contributed by atoms with Crippen LogP contribution in [-0.4, -0.2) is 19.6 Å². The zero-order valence-electron chi connectivity index (χ0n) is 11.2. The molecule has 0 saturated heterocycles. The predicted octanol–water partition coefficient (Wildman–Crippen LogP) is 2.78. The minimum Gasteiger partial charge on any atom is -0.330 e. The van der Waals surface area contributed by atoms with Gasteiger partial charge in [-0.2, -0.15) is 0 Å². The summed E-state index contributed by atoms with van der Waals surface area (Å²) >= 11 is 0. The molecule has 1 fully saturated rings. The normalized spacial score (nSPS) is 18.8. The zero-order chi connectivity index (χ0) is 11.8. The molecule has 1 aliphatic carbocycles. The van der Waals surface area contributed by atoms with Crippen LogP contribution in [0.3, 0.4) is 0 Å². The van der Waals surface area contributed by atoms with Gasteiger partial charge in [0.15, 0.2) is 0 Å². The van der Waals surface area contributed by atoms with E-state index in [1.54, 1.807) is 0 Å². The number of rotatable bonds is 9. The molecule has 0 bridgehead atoms. The lowest BCUT2D eigenvalue weighted by atomic mass is 9.83. The molecule has 0 aromatic rings. The monoisotopic (exact) mass is 226 g/mol. The maximum Gasteiger partial charge on any atom is -0.00458 e. The van der Waals surface area contributed by atoms with Crippen LogP contribution >= 0.6 is 0 Å². The van der Waals surface area contributed by atoms with Gasteiger partial charge in [-0.25, -0.2) is 0 Å². The van der Waals surface area contributed by atoms with E-state index in [4.69, 9.17) is 5.73 Å². The van der Waals surface area contributed by atoms with Crippen LogP contribution in [0.1, 0.15) is 52.4 Å². The van der Waals surface area contributed by atoms with Crippen LogP contribution in [0, 0.1) is 17.8 Å². The van der Waals surface area contributed by atoms with Gasteiger partial charge in [-0.15, -0.1) is 0 Å². The molecule has 0 radical (unpaired) electrons. The van der Waals surface area contributed by atoms with Crippen molar-refractivity contribution in [2.75, 3.05) is 19.6 Å². The van der Waals surface area contributed by atoms with Crippen molar-refractivity contribution in [1.29, 1.82) is 0 Å². The first-order chi connectivity index (χ1) is 7.72. The first kappa shape index (κ1) is 14.0. The standard InChI is InChI=1S/C14H30N2/c1-12(2)10-14(11-15)7-9-16-8-6-13-4-3-5-13/h12-14,16H,3-11,15H2,1-2H3. The molecular weight excluding hydrogens is 196 g/mol. The molecule has 0 heterocycles. The van der Waals surface area contributed by atoms with Crippen LogP contribution in [0.25, 0.3) is 0 Å². The molecule has 2 heteroatoms. The Morgan fingerprint density at radius 2 is 2.00 bits per heavy atom. The topological polar surface area (TPSA) is 38.0 Å². The highest BCUT2D eigenvalue weighted by Crippen LogP contribution is 2.28. The SMILES string of the molecule is CC(C)CC(CN)CCNCCC1CCC1. The summed E-state index contributed by atoms with van der Waals surface area (Å²) in [6.07, 6.45) is 8.33. The Labute approximate surface area is 101 Å². The van der Waals surface area contributed by atoms with E-state index in [0.29, 0.717) is 0 Å². The summed E-state index contributed by atoms with van der Waals surface area (Å²) in [5.74, 6) is 2.54. The van der Waals surface area contributed by atoms with Gasteiger partial charge in [0.2, 0.25) is 0 Å². The third kappa shape index (κ3) is 5.86. The second kappa shape index (κ2) is 8.08. The van der Waals surface area contributed by atoms with Crippen molar-refractivity contribution >= 4 is 0 Å². The Kier molecular flexibility index (Phi) is 7.06. The summed E-state index contributed by atoms with van der Waals surface area (Å²) in [6, 6.07) is 0. The average Bonchev–Trinajstić information content (AvgIpc) is 2.18. The Morgan fingerprint density at radius 3 is 2.50 bits per heavy atom. The van der Waals surface area contributed by atoms with Crippen molar-refractivity contribution in [3.63, 3.8) is 0 Å². The van der Waals surface area contributed by atoms with Crippen molar-refractivity contribution < 1.29 is 0 Å². The summed E-state index contributed by atoms with van der Waals surface area (Å²) in [7, 11) is 0. The fourth-order valence-corrected chi connectivity index (χ4v) is 2.52. The van der Waals surface area contributed by atoms with Crippen molar-refractivity contribution in [2.45, 2.75) is 52.4 Å². The summed E-state index contributed by atoms with van der Waals surface area (Å²) in [6.45, 7) is 7.78. The van der Waals surface area contributed by atoms with Gasteiger partial charge in [0.25, 0.3) is 0 Å². The molecule has 16 heavy (non-hydrogen) atoms. The molecule has 0 amide bonds. The third-order valence-corrected chi connectivity index (χ3v) is 3.82. The van der Waals surface area contributed by atoms with Crippen LogP contribution in [0.15, 0.2) is 0 Å². The Hall–Kier alpha value is -0.0800. The fraction of sp³-hybridized carbons (Fsp3) is 1.00. The lowest BCUT2D eigenvalue weighted by Gasteiger charge is -2.25. The number of hydrogen-bond donors (Lipinski definition) is 2. The quantitative estimate of drug-likeness (QED) is 0.593. The van der Waals surface area contributed by atoms with Gasteiger partial charge >= 0.3 is 0 Å². The zero-order valence-corrected chi connectivity index (χ0v) is 11.2. The van der Waals surface area contributed by atoms with Crippen molar-refractivity contribution in [1.82, 2.24) is 5.32 Å². The van der Waals surface area contributed by atoms with Gasteiger partial charge in [0.05, 0.1) is 0 Å². The maximum atomic E-state index is 5.79. The van der Waals surface area contributed by atoms with E-state index >= 15 is 0 Å². The summed E-state index contributed by atoms with van der Waals surface area (Å²) in [5.41, 5.74) is 5.79. The van der Waals surface area contributed by atoms with Gasteiger partial charge in [0, 0.05) is 0 Å². The largest absolute Gasteiger partial charge is 0.330 e. The average molecular weight is 226 g/mol. The van der Waals surface area contributed by atoms with Crippen molar-refractivity contribution in [2.24, 2.45) is 23.5 Å². The molecule has 0 aromatic carbocycles. The maximum absolute atomic E-state index is 5.79. The predicted molar refractivity (Wildman–Crippen MR) is 71.4 cm³/mol. The minimum atomic E-state index is 0.719. The molecule has 1 unspecified atom stereocenters. The van der Waals surface area contributed by atoms with Crippen molar-refractivity contribution in [3.05, 3.63) is 0 Å². The minimum absolute atomic E-state index is 0.719. The second-order valence-corrected chi connectivity index (χ2v) is 5.86. The van der Waals surface area contributed by atoms with Crippen molar-refractivity contribution in [3.8, 4) is 0 Å². The molecule has 1 rings (SSSR count). The highest BCUT2D eigenvalue weighted by Gasteiger charge is 2.16. The van der Waals surface area contributed by atoms with Gasteiger partial charge in [0.1, 0.15) is 0 Å². The van der Waals surface area contributed by atoms with E-state index in [2.05, 4.69) is 19.2 Å². The number of hydrogen-bond acceptors (Lipinski definition) is 2. The van der Waals surface area contributed by atoms with Crippen LogP contribution in [0.5, 0.6) is 0 Å². The van der Waals surface area contributed by atoms with Crippen LogP contribution in [-0.2, 0) is 0 Å². The van der Waals surface area contributed by atoms with Gasteiger partial charge < -0.3 is 11.1 Å². The molecule has 0 aromatic heterocycles. The summed E-state index contributed by atoms with van der Waals surface area (Å²) in [4.78, 5) is 0. The summed E-state index contributed by atoms with van der Waals surface area (Å²) in [5, 5.41) is 3.57. The Bertz CT molecular complexity index is 164. The Balaban J connectivity index is 1.91. The van der Waals surface area contributed by atoms with E-state index in [0.717, 1.165) is 30.8 Å². The van der Waals surface area contributed by atoms with Crippen LogP contribution < -0.4 is 11.1 Å². The van der Waals surface area contributed by atoms with Gasteiger partial charge in [-0.05, 0) is 56.7 Å². The highest BCUT2D eigenvalue weighted by molar-refractivity contribution is 4.70. The molecule has 0 spiro atoms. The van der Waals surface area contributed by atoms with Gasteiger partial charge in [-0.3, -0.25) is 0 Å². The summed E-state index contributed by atoms with van der Waals surface area (Å²) < 4.78 is 0.